The van der Waals surface area contributed by atoms with E-state index in [-0.39, 0.29) is 11.3 Å². The third-order valence-corrected chi connectivity index (χ3v) is 4.09. The van der Waals surface area contributed by atoms with Crippen LogP contribution in [0.25, 0.3) is 0 Å². The van der Waals surface area contributed by atoms with Gasteiger partial charge in [-0.25, -0.2) is 0 Å². The second-order valence-corrected chi connectivity index (χ2v) is 5.45. The minimum Gasteiger partial charge on any atom is -0.504 e. The number of allylic oxidation sites excluding steroid dienone is 1. The molecule has 2 heteroatoms. The molecule has 1 aromatic heterocycles. The molecule has 2 nitrogen and oxygen atoms in total. The number of pyridine rings is 1. The Kier molecular flexibility index (Phi) is 3.17. The molecule has 0 amide bonds. The van der Waals surface area contributed by atoms with E-state index in [1.54, 1.807) is 6.20 Å². The largest absolute Gasteiger partial charge is 0.504 e. The molecule has 1 aromatic carbocycles. The molecule has 20 heavy (non-hydrogen) atoms. The topological polar surface area (TPSA) is 33.1 Å². The van der Waals surface area contributed by atoms with E-state index in [0.29, 0.717) is 5.76 Å². The van der Waals surface area contributed by atoms with Gasteiger partial charge in [0.2, 0.25) is 0 Å². The van der Waals surface area contributed by atoms with E-state index in [1.807, 2.05) is 36.5 Å². The van der Waals surface area contributed by atoms with Crippen molar-refractivity contribution in [1.29, 1.82) is 0 Å². The van der Waals surface area contributed by atoms with Gasteiger partial charge in [-0.15, -0.1) is 0 Å². The van der Waals surface area contributed by atoms with Crippen LogP contribution in [0.15, 0.2) is 72.4 Å². The van der Waals surface area contributed by atoms with Crippen LogP contribution in [-0.4, -0.2) is 10.1 Å². The Bertz CT molecular complexity index is 617. The van der Waals surface area contributed by atoms with E-state index in [1.165, 1.54) is 5.56 Å². The Morgan fingerprint density at radius 1 is 1.15 bits per heavy atom. The lowest BCUT2D eigenvalue weighted by Gasteiger charge is -2.34. The van der Waals surface area contributed by atoms with Crippen LogP contribution < -0.4 is 0 Å². The summed E-state index contributed by atoms with van der Waals surface area (Å²) in [4.78, 5) is 4.24. The molecule has 2 aromatic rings. The van der Waals surface area contributed by atoms with Crippen molar-refractivity contribution in [1.82, 2.24) is 4.98 Å². The van der Waals surface area contributed by atoms with Crippen LogP contribution in [0.4, 0.5) is 0 Å². The maximum Gasteiger partial charge on any atom is 0.142 e. The normalized spacial score (nSPS) is 22.6. The highest BCUT2D eigenvalue weighted by Crippen LogP contribution is 2.49. The van der Waals surface area contributed by atoms with Crippen molar-refractivity contribution in [3.8, 4) is 0 Å². The third-order valence-electron chi connectivity index (χ3n) is 4.09. The van der Waals surface area contributed by atoms with Gasteiger partial charge in [0.05, 0.1) is 0 Å². The van der Waals surface area contributed by atoms with E-state index in [0.717, 1.165) is 12.0 Å². The lowest BCUT2D eigenvalue weighted by molar-refractivity contribution is 0.225. The van der Waals surface area contributed by atoms with Gasteiger partial charge in [-0.05, 0) is 29.7 Å². The number of aromatic nitrogens is 1. The van der Waals surface area contributed by atoms with Crippen molar-refractivity contribution in [2.24, 2.45) is 5.41 Å². The highest BCUT2D eigenvalue weighted by molar-refractivity contribution is 5.38. The maximum absolute atomic E-state index is 10.3. The Balaban J connectivity index is 2.13. The number of hydrogen-bond acceptors (Lipinski definition) is 2. The van der Waals surface area contributed by atoms with Gasteiger partial charge in [0.25, 0.3) is 0 Å². The van der Waals surface area contributed by atoms with E-state index in [2.05, 4.69) is 35.8 Å². The lowest BCUT2D eigenvalue weighted by atomic mass is 9.69. The summed E-state index contributed by atoms with van der Waals surface area (Å²) < 4.78 is 0. The van der Waals surface area contributed by atoms with Crippen LogP contribution in [0.3, 0.4) is 0 Å². The van der Waals surface area contributed by atoms with Crippen molar-refractivity contribution >= 4 is 0 Å². The number of hydrogen-bond donors (Lipinski definition) is 1. The summed E-state index contributed by atoms with van der Waals surface area (Å²) in [5, 5.41) is 10.3. The van der Waals surface area contributed by atoms with Crippen molar-refractivity contribution in [2.75, 3.05) is 0 Å². The zero-order chi connectivity index (χ0) is 14.0. The van der Waals surface area contributed by atoms with Gasteiger partial charge in [0.1, 0.15) is 5.76 Å². The van der Waals surface area contributed by atoms with Crippen LogP contribution in [0, 0.1) is 5.41 Å². The fraction of sp³-hybridized carbons (Fsp3) is 0.222. The number of rotatable bonds is 3. The second kappa shape index (κ2) is 4.99. The Morgan fingerprint density at radius 3 is 2.50 bits per heavy atom. The molecule has 1 aliphatic rings. The molecule has 1 N–H and O–H groups in total. The molecule has 0 saturated carbocycles. The molecule has 100 valence electrons. The first-order valence-electron chi connectivity index (χ1n) is 6.81. The number of benzene rings is 1. The fourth-order valence-corrected chi connectivity index (χ4v) is 3.00. The molecule has 2 atom stereocenters. The van der Waals surface area contributed by atoms with Crippen molar-refractivity contribution in [3.05, 3.63) is 83.6 Å². The molecule has 0 saturated heterocycles. The lowest BCUT2D eigenvalue weighted by Crippen LogP contribution is -2.27. The predicted molar refractivity (Wildman–Crippen MR) is 79.5 cm³/mol. The SMILES string of the molecule is CC1(C(c2ccccc2)c2cccnc2)CC=C=C1O. The van der Waals surface area contributed by atoms with E-state index >= 15 is 0 Å². The van der Waals surface area contributed by atoms with Gasteiger partial charge >= 0.3 is 0 Å². The molecule has 0 aliphatic heterocycles. The van der Waals surface area contributed by atoms with Crippen LogP contribution >= 0.6 is 0 Å². The van der Waals surface area contributed by atoms with Gasteiger partial charge in [-0.3, -0.25) is 4.98 Å². The molecule has 2 unspecified atom stereocenters. The average Bonchev–Trinajstić information content (AvgIpc) is 2.82. The summed E-state index contributed by atoms with van der Waals surface area (Å²) in [6.45, 7) is 2.09. The average molecular weight is 263 g/mol. The van der Waals surface area contributed by atoms with Gasteiger partial charge in [0, 0.05) is 23.7 Å². The van der Waals surface area contributed by atoms with Crippen LogP contribution in [0.1, 0.15) is 30.4 Å². The Labute approximate surface area is 119 Å². The summed E-state index contributed by atoms with van der Waals surface area (Å²) in [5.41, 5.74) is 4.90. The van der Waals surface area contributed by atoms with Crippen LogP contribution in [-0.2, 0) is 0 Å². The summed E-state index contributed by atoms with van der Waals surface area (Å²) >= 11 is 0. The highest BCUT2D eigenvalue weighted by Gasteiger charge is 2.41. The second-order valence-electron chi connectivity index (χ2n) is 5.45. The van der Waals surface area contributed by atoms with Crippen molar-refractivity contribution in [3.63, 3.8) is 0 Å². The third kappa shape index (κ3) is 2.04. The molecule has 0 bridgehead atoms. The minimum absolute atomic E-state index is 0.0728. The quantitative estimate of drug-likeness (QED) is 0.841. The minimum atomic E-state index is -0.357. The van der Waals surface area contributed by atoms with Gasteiger partial charge < -0.3 is 5.11 Å². The van der Waals surface area contributed by atoms with E-state index < -0.39 is 0 Å². The van der Waals surface area contributed by atoms with Crippen LogP contribution in [0.2, 0.25) is 0 Å². The monoisotopic (exact) mass is 263 g/mol. The smallest absolute Gasteiger partial charge is 0.142 e. The summed E-state index contributed by atoms with van der Waals surface area (Å²) in [6.07, 6.45) is 6.36. The Hall–Kier alpha value is -2.31. The number of aliphatic hydroxyl groups is 1. The molecular formula is C18H17NO. The zero-order valence-electron chi connectivity index (χ0n) is 11.5. The molecule has 0 fully saturated rings. The predicted octanol–water partition coefficient (Wildman–Crippen LogP) is 4.22. The van der Waals surface area contributed by atoms with Crippen LogP contribution in [0.5, 0.6) is 0 Å². The van der Waals surface area contributed by atoms with E-state index in [9.17, 15) is 5.11 Å². The van der Waals surface area contributed by atoms with Gasteiger partial charge in [-0.2, -0.15) is 0 Å². The van der Waals surface area contributed by atoms with Gasteiger partial charge in [-0.1, -0.05) is 49.1 Å². The first-order valence-corrected chi connectivity index (χ1v) is 6.81. The van der Waals surface area contributed by atoms with Crippen molar-refractivity contribution in [2.45, 2.75) is 19.3 Å². The first kappa shape index (κ1) is 12.7. The molecule has 1 aliphatic carbocycles. The molecule has 3 rings (SSSR count). The highest BCUT2D eigenvalue weighted by atomic mass is 16.3. The van der Waals surface area contributed by atoms with Gasteiger partial charge in [0.15, 0.2) is 0 Å². The summed E-state index contributed by atoms with van der Waals surface area (Å²) in [5.74, 6) is 0.402. The maximum atomic E-state index is 10.3. The molecular weight excluding hydrogens is 246 g/mol. The van der Waals surface area contributed by atoms with E-state index in [4.69, 9.17) is 0 Å². The first-order chi connectivity index (χ1) is 9.72. The molecule has 0 spiro atoms. The number of aliphatic hydroxyl groups excluding tert-OH is 1. The van der Waals surface area contributed by atoms with Crippen molar-refractivity contribution < 1.29 is 5.11 Å². The Morgan fingerprint density at radius 2 is 1.90 bits per heavy atom. The molecule has 1 heterocycles. The number of nitrogens with zero attached hydrogens (tertiary/aromatic N) is 1. The summed E-state index contributed by atoms with van der Waals surface area (Å²) in [6, 6.07) is 14.3. The zero-order valence-corrected chi connectivity index (χ0v) is 11.5. The molecule has 0 radical (unpaired) electrons. The summed E-state index contributed by atoms with van der Waals surface area (Å²) in [7, 11) is 0. The standard InChI is InChI=1S/C18H17NO/c1-18(11-5-10-16(18)20)17(14-7-3-2-4-8-14)15-9-6-12-19-13-15/h2-9,12-13,17,20H,11H2,1H3. The fourth-order valence-electron chi connectivity index (χ4n) is 3.00.